The summed E-state index contributed by atoms with van der Waals surface area (Å²) < 4.78 is 5.71. The molecule has 2 atom stereocenters. The van der Waals surface area contributed by atoms with Gasteiger partial charge in [0.2, 0.25) is 0 Å². The van der Waals surface area contributed by atoms with E-state index in [4.69, 9.17) is 4.74 Å². The molecule has 0 spiro atoms. The highest BCUT2D eigenvalue weighted by atomic mass is 16.6. The maximum atomic E-state index is 11.6. The fourth-order valence-corrected chi connectivity index (χ4v) is 3.08. The predicted molar refractivity (Wildman–Crippen MR) is 70.7 cm³/mol. The molecule has 0 aromatic heterocycles. The summed E-state index contributed by atoms with van der Waals surface area (Å²) in [6.45, 7) is 14.5. The van der Waals surface area contributed by atoms with Crippen molar-refractivity contribution in [2.45, 2.75) is 65.9 Å². The SMILES string of the molecule is C=CC(=O)OC1(C)CCCCC1(C)C(C)(C)C. The second kappa shape index (κ2) is 4.47. The zero-order valence-corrected chi connectivity index (χ0v) is 11.9. The zero-order valence-electron chi connectivity index (χ0n) is 11.9. The predicted octanol–water partition coefficient (Wildman–Crippen LogP) is 4.10. The standard InChI is InChI=1S/C15H26O2/c1-7-12(16)17-15(6)11-9-8-10-14(15,5)13(2,3)4/h7H,1,8-11H2,2-6H3. The van der Waals surface area contributed by atoms with E-state index in [0.29, 0.717) is 0 Å². The number of ether oxygens (including phenoxy) is 1. The fraction of sp³-hybridized carbons (Fsp3) is 0.800. The molecule has 1 aliphatic rings. The van der Waals surface area contributed by atoms with Crippen LogP contribution < -0.4 is 0 Å². The summed E-state index contributed by atoms with van der Waals surface area (Å²) >= 11 is 0. The van der Waals surface area contributed by atoms with Crippen molar-refractivity contribution < 1.29 is 9.53 Å². The van der Waals surface area contributed by atoms with Gasteiger partial charge < -0.3 is 4.74 Å². The Bertz CT molecular complexity index is 313. The first kappa shape index (κ1) is 14.3. The van der Waals surface area contributed by atoms with Crippen LogP contribution in [-0.2, 0) is 9.53 Å². The molecule has 2 nitrogen and oxygen atoms in total. The Labute approximate surface area is 105 Å². The zero-order chi connectivity index (χ0) is 13.3. The summed E-state index contributed by atoms with van der Waals surface area (Å²) in [5, 5.41) is 0. The Morgan fingerprint density at radius 2 is 1.76 bits per heavy atom. The van der Waals surface area contributed by atoms with Gasteiger partial charge in [0, 0.05) is 11.5 Å². The normalized spacial score (nSPS) is 34.2. The lowest BCUT2D eigenvalue weighted by Crippen LogP contribution is -2.56. The molecular formula is C15H26O2. The molecule has 2 heteroatoms. The van der Waals surface area contributed by atoms with Crippen LogP contribution in [0.4, 0.5) is 0 Å². The molecule has 0 aliphatic heterocycles. The van der Waals surface area contributed by atoms with Crippen molar-refractivity contribution in [3.05, 3.63) is 12.7 Å². The Hall–Kier alpha value is -0.790. The number of esters is 1. The third-order valence-corrected chi connectivity index (χ3v) is 4.90. The molecule has 0 aromatic rings. The summed E-state index contributed by atoms with van der Waals surface area (Å²) in [5.74, 6) is -0.301. The lowest BCUT2D eigenvalue weighted by molar-refractivity contribution is -0.191. The number of carbonyl (C=O) groups is 1. The first-order valence-electron chi connectivity index (χ1n) is 6.52. The third kappa shape index (κ3) is 2.41. The van der Waals surface area contributed by atoms with E-state index in [1.165, 1.54) is 12.5 Å². The van der Waals surface area contributed by atoms with E-state index in [2.05, 4.69) is 41.2 Å². The highest BCUT2D eigenvalue weighted by molar-refractivity contribution is 5.81. The number of hydrogen-bond donors (Lipinski definition) is 0. The van der Waals surface area contributed by atoms with Crippen LogP contribution in [0.1, 0.15) is 60.3 Å². The summed E-state index contributed by atoms with van der Waals surface area (Å²) in [6.07, 6.45) is 5.67. The molecule has 1 fully saturated rings. The van der Waals surface area contributed by atoms with Gasteiger partial charge in [-0.15, -0.1) is 0 Å². The number of hydrogen-bond acceptors (Lipinski definition) is 2. The minimum absolute atomic E-state index is 0.0108. The van der Waals surface area contributed by atoms with Crippen LogP contribution in [0.15, 0.2) is 12.7 Å². The van der Waals surface area contributed by atoms with Gasteiger partial charge in [-0.1, -0.05) is 40.7 Å². The van der Waals surface area contributed by atoms with Gasteiger partial charge >= 0.3 is 5.97 Å². The average molecular weight is 238 g/mol. The van der Waals surface area contributed by atoms with Crippen LogP contribution in [0.5, 0.6) is 0 Å². The van der Waals surface area contributed by atoms with Crippen molar-refractivity contribution >= 4 is 5.97 Å². The van der Waals surface area contributed by atoms with Gasteiger partial charge in [-0.25, -0.2) is 4.79 Å². The molecule has 0 aromatic carbocycles. The molecule has 0 bridgehead atoms. The molecule has 0 amide bonds. The Kier molecular flexibility index (Phi) is 3.75. The average Bonchev–Trinajstić information content (AvgIpc) is 2.21. The van der Waals surface area contributed by atoms with Gasteiger partial charge in [-0.3, -0.25) is 0 Å². The molecule has 98 valence electrons. The van der Waals surface area contributed by atoms with Crippen molar-refractivity contribution in [1.29, 1.82) is 0 Å². The van der Waals surface area contributed by atoms with Crippen LogP contribution >= 0.6 is 0 Å². The Morgan fingerprint density at radius 1 is 1.24 bits per heavy atom. The van der Waals surface area contributed by atoms with Crippen molar-refractivity contribution in [1.82, 2.24) is 0 Å². The summed E-state index contributed by atoms with van der Waals surface area (Å²) in [7, 11) is 0. The fourth-order valence-electron chi connectivity index (χ4n) is 3.08. The molecule has 0 radical (unpaired) electrons. The lowest BCUT2D eigenvalue weighted by Gasteiger charge is -2.56. The highest BCUT2D eigenvalue weighted by Gasteiger charge is 2.55. The number of carbonyl (C=O) groups excluding carboxylic acids is 1. The minimum Gasteiger partial charge on any atom is -0.456 e. The van der Waals surface area contributed by atoms with E-state index in [1.54, 1.807) is 0 Å². The highest BCUT2D eigenvalue weighted by Crippen LogP contribution is 2.56. The quantitative estimate of drug-likeness (QED) is 0.535. The van der Waals surface area contributed by atoms with Crippen LogP contribution in [0.25, 0.3) is 0 Å². The van der Waals surface area contributed by atoms with Gasteiger partial charge in [0.1, 0.15) is 5.60 Å². The topological polar surface area (TPSA) is 26.3 Å². The van der Waals surface area contributed by atoms with Crippen LogP contribution in [0, 0.1) is 10.8 Å². The molecule has 1 rings (SSSR count). The van der Waals surface area contributed by atoms with Crippen molar-refractivity contribution in [3.63, 3.8) is 0 Å². The van der Waals surface area contributed by atoms with Gasteiger partial charge in [-0.05, 0) is 31.6 Å². The van der Waals surface area contributed by atoms with Crippen molar-refractivity contribution in [2.75, 3.05) is 0 Å². The Balaban J connectivity index is 3.07. The smallest absolute Gasteiger partial charge is 0.330 e. The van der Waals surface area contributed by atoms with E-state index in [1.807, 2.05) is 0 Å². The first-order chi connectivity index (χ1) is 7.66. The van der Waals surface area contributed by atoms with Gasteiger partial charge in [0.05, 0.1) is 0 Å². The summed E-state index contributed by atoms with van der Waals surface area (Å²) in [5.41, 5.74) is -0.255. The van der Waals surface area contributed by atoms with Crippen LogP contribution in [-0.4, -0.2) is 11.6 Å². The van der Waals surface area contributed by atoms with Gasteiger partial charge in [0.25, 0.3) is 0 Å². The first-order valence-corrected chi connectivity index (χ1v) is 6.52. The molecule has 0 saturated heterocycles. The van der Waals surface area contributed by atoms with Gasteiger partial charge in [0.15, 0.2) is 0 Å². The lowest BCUT2D eigenvalue weighted by atomic mass is 9.53. The second-order valence-electron chi connectivity index (χ2n) is 6.65. The number of rotatable bonds is 2. The van der Waals surface area contributed by atoms with E-state index >= 15 is 0 Å². The second-order valence-corrected chi connectivity index (χ2v) is 6.65. The largest absolute Gasteiger partial charge is 0.456 e. The van der Waals surface area contributed by atoms with E-state index < -0.39 is 0 Å². The van der Waals surface area contributed by atoms with Crippen molar-refractivity contribution in [2.24, 2.45) is 10.8 Å². The molecule has 0 heterocycles. The molecular weight excluding hydrogens is 212 g/mol. The van der Waals surface area contributed by atoms with Crippen molar-refractivity contribution in [3.8, 4) is 0 Å². The van der Waals surface area contributed by atoms with E-state index in [0.717, 1.165) is 19.3 Å². The van der Waals surface area contributed by atoms with E-state index in [-0.39, 0.29) is 22.4 Å². The molecule has 0 N–H and O–H groups in total. The maximum Gasteiger partial charge on any atom is 0.330 e. The summed E-state index contributed by atoms with van der Waals surface area (Å²) in [6, 6.07) is 0. The molecule has 2 unspecified atom stereocenters. The van der Waals surface area contributed by atoms with E-state index in [9.17, 15) is 4.79 Å². The Morgan fingerprint density at radius 3 is 2.24 bits per heavy atom. The molecule has 1 saturated carbocycles. The van der Waals surface area contributed by atoms with Crippen LogP contribution in [0.3, 0.4) is 0 Å². The van der Waals surface area contributed by atoms with Gasteiger partial charge in [-0.2, -0.15) is 0 Å². The minimum atomic E-state index is -0.380. The molecule has 17 heavy (non-hydrogen) atoms. The molecule has 1 aliphatic carbocycles. The maximum absolute atomic E-state index is 11.6. The monoisotopic (exact) mass is 238 g/mol. The summed E-state index contributed by atoms with van der Waals surface area (Å²) in [4.78, 5) is 11.6. The third-order valence-electron chi connectivity index (χ3n) is 4.90. The van der Waals surface area contributed by atoms with Crippen LogP contribution in [0.2, 0.25) is 0 Å².